The molecule has 0 radical (unpaired) electrons. The summed E-state index contributed by atoms with van der Waals surface area (Å²) in [6, 6.07) is 8.55. The lowest BCUT2D eigenvalue weighted by atomic mass is 9.77. The van der Waals surface area contributed by atoms with Gasteiger partial charge in [-0.25, -0.2) is 0 Å². The van der Waals surface area contributed by atoms with E-state index in [2.05, 4.69) is 24.3 Å². The van der Waals surface area contributed by atoms with Crippen molar-refractivity contribution in [2.75, 3.05) is 14.2 Å². The zero-order chi connectivity index (χ0) is 13.9. The summed E-state index contributed by atoms with van der Waals surface area (Å²) < 4.78 is 10.4. The molecule has 0 saturated carbocycles. The molecule has 3 heteroatoms. The van der Waals surface area contributed by atoms with Crippen molar-refractivity contribution in [3.05, 3.63) is 35.4 Å². The molecule has 1 aliphatic carbocycles. The Hall–Kier alpha value is -0.900. The summed E-state index contributed by atoms with van der Waals surface area (Å²) in [5, 5.41) is 10.6. The fourth-order valence-corrected chi connectivity index (χ4v) is 3.27. The van der Waals surface area contributed by atoms with Gasteiger partial charge >= 0.3 is 0 Å². The van der Waals surface area contributed by atoms with E-state index in [-0.39, 0.29) is 0 Å². The van der Waals surface area contributed by atoms with E-state index in [1.165, 1.54) is 17.5 Å². The third kappa shape index (κ3) is 3.16. The van der Waals surface area contributed by atoms with Gasteiger partial charge in [0.15, 0.2) is 6.29 Å². The maximum absolute atomic E-state index is 10.6. The molecule has 0 heterocycles. The molecule has 1 N–H and O–H groups in total. The number of hydrogen-bond donors (Lipinski definition) is 1. The van der Waals surface area contributed by atoms with Crippen LogP contribution in [-0.2, 0) is 15.9 Å². The molecule has 0 bridgehead atoms. The minimum atomic E-state index is -0.974. The Morgan fingerprint density at radius 2 is 2.00 bits per heavy atom. The molecule has 2 rings (SSSR count). The third-order valence-electron chi connectivity index (χ3n) is 4.09. The molecule has 2 atom stereocenters. The van der Waals surface area contributed by atoms with Crippen LogP contribution in [0.25, 0.3) is 0 Å². The van der Waals surface area contributed by atoms with Crippen LogP contribution in [0, 0.1) is 0 Å². The number of ether oxygens (including phenoxy) is 2. The summed E-state index contributed by atoms with van der Waals surface area (Å²) in [5.74, 6) is 0.382. The normalized spacial score (nSPS) is 22.1. The van der Waals surface area contributed by atoms with Gasteiger partial charge in [-0.2, -0.15) is 0 Å². The average Bonchev–Trinajstić information content (AvgIpc) is 2.40. The zero-order valence-corrected chi connectivity index (χ0v) is 12.1. The number of benzene rings is 1. The molecular formula is C16H24O3. The van der Waals surface area contributed by atoms with Crippen molar-refractivity contribution in [3.63, 3.8) is 0 Å². The van der Waals surface area contributed by atoms with E-state index in [1.54, 1.807) is 21.1 Å². The molecule has 0 spiro atoms. The van der Waals surface area contributed by atoms with Gasteiger partial charge in [0.1, 0.15) is 5.60 Å². The zero-order valence-electron chi connectivity index (χ0n) is 12.1. The quantitative estimate of drug-likeness (QED) is 0.831. The smallest absolute Gasteiger partial charge is 0.185 e. The van der Waals surface area contributed by atoms with Crippen molar-refractivity contribution < 1.29 is 14.6 Å². The number of aryl methyl sites for hydroxylation is 1. The van der Waals surface area contributed by atoms with Gasteiger partial charge in [0.05, 0.1) is 0 Å². The average molecular weight is 264 g/mol. The van der Waals surface area contributed by atoms with Crippen molar-refractivity contribution >= 4 is 0 Å². The van der Waals surface area contributed by atoms with Crippen LogP contribution in [-0.4, -0.2) is 31.2 Å². The number of hydrogen-bond acceptors (Lipinski definition) is 3. The Morgan fingerprint density at radius 3 is 2.68 bits per heavy atom. The van der Waals surface area contributed by atoms with Gasteiger partial charge in [-0.1, -0.05) is 24.3 Å². The highest BCUT2D eigenvalue weighted by Crippen LogP contribution is 2.38. The highest BCUT2D eigenvalue weighted by atomic mass is 16.7. The second kappa shape index (κ2) is 6.04. The predicted octanol–water partition coefficient (Wildman–Crippen LogP) is 2.87. The van der Waals surface area contributed by atoms with Gasteiger partial charge in [-0.05, 0) is 49.7 Å². The van der Waals surface area contributed by atoms with Gasteiger partial charge in [-0.3, -0.25) is 0 Å². The first-order valence-corrected chi connectivity index (χ1v) is 6.94. The summed E-state index contributed by atoms with van der Waals surface area (Å²) in [6.45, 7) is 1.79. The number of methoxy groups -OCH3 is 2. The van der Waals surface area contributed by atoms with E-state index in [0.717, 1.165) is 12.8 Å². The Bertz CT molecular complexity index is 410. The second-order valence-corrected chi connectivity index (χ2v) is 5.65. The van der Waals surface area contributed by atoms with Crippen LogP contribution in [0.5, 0.6) is 0 Å². The van der Waals surface area contributed by atoms with Crippen LogP contribution in [0.3, 0.4) is 0 Å². The molecule has 1 aliphatic rings. The van der Waals surface area contributed by atoms with E-state index in [4.69, 9.17) is 9.47 Å². The molecule has 2 unspecified atom stereocenters. The van der Waals surface area contributed by atoms with E-state index < -0.39 is 11.9 Å². The van der Waals surface area contributed by atoms with Gasteiger partial charge in [-0.15, -0.1) is 0 Å². The lowest BCUT2D eigenvalue weighted by molar-refractivity contribution is -0.212. The van der Waals surface area contributed by atoms with E-state index >= 15 is 0 Å². The largest absolute Gasteiger partial charge is 0.385 e. The summed E-state index contributed by atoms with van der Waals surface area (Å²) in [4.78, 5) is 0. The first kappa shape index (κ1) is 14.5. The first-order valence-electron chi connectivity index (χ1n) is 6.94. The predicted molar refractivity (Wildman–Crippen MR) is 75.2 cm³/mol. The topological polar surface area (TPSA) is 38.7 Å². The lowest BCUT2D eigenvalue weighted by Gasteiger charge is -2.36. The van der Waals surface area contributed by atoms with Crippen LogP contribution >= 0.6 is 0 Å². The maximum Gasteiger partial charge on any atom is 0.185 e. The number of fused-ring (bicyclic) bond motifs is 1. The molecule has 106 valence electrons. The van der Waals surface area contributed by atoms with Crippen molar-refractivity contribution in [3.8, 4) is 0 Å². The van der Waals surface area contributed by atoms with Gasteiger partial charge < -0.3 is 14.6 Å². The molecule has 0 saturated heterocycles. The fourth-order valence-electron chi connectivity index (χ4n) is 3.27. The van der Waals surface area contributed by atoms with Crippen LogP contribution in [0.2, 0.25) is 0 Å². The lowest BCUT2D eigenvalue weighted by Crippen LogP contribution is -2.43. The van der Waals surface area contributed by atoms with Crippen molar-refractivity contribution in [2.24, 2.45) is 0 Å². The Kier molecular flexibility index (Phi) is 4.61. The van der Waals surface area contributed by atoms with E-state index in [9.17, 15) is 5.11 Å². The van der Waals surface area contributed by atoms with Gasteiger partial charge in [0.25, 0.3) is 0 Å². The molecule has 0 aromatic heterocycles. The minimum absolute atomic E-state index is 0.382. The standard InChI is InChI=1S/C16H24O3/c1-16(17,15(18-2)19-3)11-13-9-6-8-12-7-4-5-10-14(12)13/h4-5,7,10,13,15,17H,6,8-9,11H2,1-3H3. The van der Waals surface area contributed by atoms with Gasteiger partial charge in [0.2, 0.25) is 0 Å². The fraction of sp³-hybridized carbons (Fsp3) is 0.625. The van der Waals surface area contributed by atoms with Gasteiger partial charge in [0, 0.05) is 14.2 Å². The van der Waals surface area contributed by atoms with Crippen LogP contribution < -0.4 is 0 Å². The summed E-state index contributed by atoms with van der Waals surface area (Å²) in [5.41, 5.74) is 1.82. The molecule has 19 heavy (non-hydrogen) atoms. The molecular weight excluding hydrogens is 240 g/mol. The van der Waals surface area contributed by atoms with Crippen LogP contribution in [0.15, 0.2) is 24.3 Å². The molecule has 1 aromatic carbocycles. The van der Waals surface area contributed by atoms with Crippen molar-refractivity contribution in [1.82, 2.24) is 0 Å². The highest BCUT2D eigenvalue weighted by molar-refractivity contribution is 5.32. The third-order valence-corrected chi connectivity index (χ3v) is 4.09. The van der Waals surface area contributed by atoms with Crippen molar-refractivity contribution in [2.45, 2.75) is 50.4 Å². The molecule has 3 nitrogen and oxygen atoms in total. The minimum Gasteiger partial charge on any atom is -0.385 e. The highest BCUT2D eigenvalue weighted by Gasteiger charge is 2.36. The summed E-state index contributed by atoms with van der Waals surface area (Å²) in [6.07, 6.45) is 3.53. The molecule has 0 fully saturated rings. The summed E-state index contributed by atoms with van der Waals surface area (Å²) >= 11 is 0. The van der Waals surface area contributed by atoms with E-state index in [1.807, 2.05) is 0 Å². The van der Waals surface area contributed by atoms with Crippen molar-refractivity contribution in [1.29, 1.82) is 0 Å². The Labute approximate surface area is 115 Å². The SMILES string of the molecule is COC(OC)C(C)(O)CC1CCCc2ccccc21. The first-order chi connectivity index (χ1) is 9.08. The molecule has 0 amide bonds. The Morgan fingerprint density at radius 1 is 1.32 bits per heavy atom. The molecule has 1 aromatic rings. The van der Waals surface area contributed by atoms with E-state index in [0.29, 0.717) is 12.3 Å². The monoisotopic (exact) mass is 264 g/mol. The Balaban J connectivity index is 2.16. The molecule has 0 aliphatic heterocycles. The number of rotatable bonds is 5. The summed E-state index contributed by atoms with van der Waals surface area (Å²) in [7, 11) is 3.13. The van der Waals surface area contributed by atoms with Crippen LogP contribution in [0.4, 0.5) is 0 Å². The maximum atomic E-state index is 10.6. The second-order valence-electron chi connectivity index (χ2n) is 5.65. The van der Waals surface area contributed by atoms with Crippen LogP contribution in [0.1, 0.15) is 43.2 Å². The number of aliphatic hydroxyl groups is 1.